The summed E-state index contributed by atoms with van der Waals surface area (Å²) in [6.45, 7) is 3.20. The molecule has 0 aromatic heterocycles. The van der Waals surface area contributed by atoms with Crippen LogP contribution in [-0.2, 0) is 0 Å². The van der Waals surface area contributed by atoms with E-state index < -0.39 is 0 Å². The van der Waals surface area contributed by atoms with Crippen LogP contribution in [0.2, 0.25) is 0 Å². The molecule has 0 radical (unpaired) electrons. The average Bonchev–Trinajstić information content (AvgIpc) is 3.48. The molecule has 2 N–H and O–H groups in total. The van der Waals surface area contributed by atoms with Gasteiger partial charge in [0.15, 0.2) is 0 Å². The first kappa shape index (κ1) is 15.4. The van der Waals surface area contributed by atoms with Crippen molar-refractivity contribution in [3.63, 3.8) is 0 Å². The van der Waals surface area contributed by atoms with Gasteiger partial charge in [0.05, 0.1) is 0 Å². The van der Waals surface area contributed by atoms with Gasteiger partial charge in [-0.05, 0) is 68.0 Å². The number of anilines is 1. The summed E-state index contributed by atoms with van der Waals surface area (Å²) in [7, 11) is 0. The highest BCUT2D eigenvalue weighted by molar-refractivity contribution is 6.05. The van der Waals surface area contributed by atoms with Crippen molar-refractivity contribution in [1.29, 1.82) is 0 Å². The van der Waals surface area contributed by atoms with Gasteiger partial charge in [-0.25, -0.2) is 0 Å². The Kier molecular flexibility index (Phi) is 4.11. The molecule has 0 bridgehead atoms. The first-order chi connectivity index (χ1) is 11.7. The van der Waals surface area contributed by atoms with E-state index in [1.165, 1.54) is 31.4 Å². The molecule has 2 aliphatic rings. The Morgan fingerprint density at radius 2 is 1.92 bits per heavy atom. The van der Waals surface area contributed by atoms with Gasteiger partial charge in [0, 0.05) is 23.2 Å². The van der Waals surface area contributed by atoms with Crippen LogP contribution in [0.15, 0.2) is 48.5 Å². The van der Waals surface area contributed by atoms with Crippen LogP contribution in [0.5, 0.6) is 0 Å². The maximum Gasteiger partial charge on any atom is 0.255 e. The number of para-hydroxylation sites is 1. The second-order valence-corrected chi connectivity index (χ2v) is 7.19. The lowest BCUT2D eigenvalue weighted by Crippen LogP contribution is -2.20. The number of aryl methyl sites for hydroxylation is 1. The van der Waals surface area contributed by atoms with E-state index in [4.69, 9.17) is 0 Å². The van der Waals surface area contributed by atoms with Crippen molar-refractivity contribution >= 4 is 11.6 Å². The zero-order valence-electron chi connectivity index (χ0n) is 14.1. The minimum atomic E-state index is -0.0375. The Bertz CT molecular complexity index is 737. The first-order valence-electron chi connectivity index (χ1n) is 8.91. The van der Waals surface area contributed by atoms with Gasteiger partial charge in [0.2, 0.25) is 0 Å². The largest absolute Gasteiger partial charge is 0.322 e. The fourth-order valence-electron chi connectivity index (χ4n) is 3.32. The molecular formula is C21H24N2O. The topological polar surface area (TPSA) is 41.1 Å². The van der Waals surface area contributed by atoms with E-state index in [0.29, 0.717) is 12.0 Å². The molecule has 3 heteroatoms. The van der Waals surface area contributed by atoms with Gasteiger partial charge in [-0.1, -0.05) is 30.3 Å². The molecule has 2 aromatic carbocycles. The molecular weight excluding hydrogens is 296 g/mol. The maximum absolute atomic E-state index is 12.5. The zero-order valence-corrected chi connectivity index (χ0v) is 14.1. The number of hydrogen-bond donors (Lipinski definition) is 2. The van der Waals surface area contributed by atoms with Crippen LogP contribution in [0.25, 0.3) is 0 Å². The van der Waals surface area contributed by atoms with E-state index in [2.05, 4.69) is 22.8 Å². The molecule has 2 saturated carbocycles. The molecule has 2 fully saturated rings. The van der Waals surface area contributed by atoms with Gasteiger partial charge in [-0.2, -0.15) is 0 Å². The normalized spacial score (nSPS) is 22.2. The Morgan fingerprint density at radius 1 is 1.12 bits per heavy atom. The van der Waals surface area contributed by atoms with Crippen LogP contribution >= 0.6 is 0 Å². The number of amides is 1. The van der Waals surface area contributed by atoms with Crippen molar-refractivity contribution in [3.8, 4) is 0 Å². The fraction of sp³-hybridized carbons (Fsp3) is 0.381. The van der Waals surface area contributed by atoms with Crippen molar-refractivity contribution in [2.75, 3.05) is 11.9 Å². The summed E-state index contributed by atoms with van der Waals surface area (Å²) in [4.78, 5) is 12.5. The molecule has 1 amide bonds. The van der Waals surface area contributed by atoms with Gasteiger partial charge < -0.3 is 10.6 Å². The fourth-order valence-corrected chi connectivity index (χ4v) is 3.32. The number of benzene rings is 2. The van der Waals surface area contributed by atoms with Crippen molar-refractivity contribution in [2.45, 2.75) is 38.1 Å². The molecule has 124 valence electrons. The third-order valence-corrected chi connectivity index (χ3v) is 5.11. The predicted molar refractivity (Wildman–Crippen MR) is 97.4 cm³/mol. The van der Waals surface area contributed by atoms with Gasteiger partial charge in [0.1, 0.15) is 0 Å². The SMILES string of the molecule is Cc1cc([C@@H]2C[C@H]2NCC2CC2)ccc1C(=O)Nc1ccccc1. The smallest absolute Gasteiger partial charge is 0.255 e. The van der Waals surface area contributed by atoms with E-state index >= 15 is 0 Å². The highest BCUT2D eigenvalue weighted by atomic mass is 16.1. The maximum atomic E-state index is 12.5. The number of rotatable bonds is 6. The summed E-state index contributed by atoms with van der Waals surface area (Å²) in [5.74, 6) is 1.51. The number of nitrogens with one attached hydrogen (secondary N) is 2. The van der Waals surface area contributed by atoms with Crippen molar-refractivity contribution < 1.29 is 4.79 Å². The van der Waals surface area contributed by atoms with Crippen LogP contribution in [0.4, 0.5) is 5.69 Å². The minimum absolute atomic E-state index is 0.0375. The predicted octanol–water partition coefficient (Wildman–Crippen LogP) is 4.10. The summed E-state index contributed by atoms with van der Waals surface area (Å²) in [6, 6.07) is 16.5. The van der Waals surface area contributed by atoms with Crippen LogP contribution in [0.1, 0.15) is 46.7 Å². The number of carbonyl (C=O) groups excluding carboxylic acids is 1. The van der Waals surface area contributed by atoms with E-state index in [0.717, 1.165) is 22.7 Å². The molecule has 4 rings (SSSR count). The Morgan fingerprint density at radius 3 is 2.62 bits per heavy atom. The summed E-state index contributed by atoms with van der Waals surface area (Å²) in [6.07, 6.45) is 4.02. The van der Waals surface area contributed by atoms with Crippen molar-refractivity contribution in [1.82, 2.24) is 5.32 Å². The lowest BCUT2D eigenvalue weighted by atomic mass is 10.0. The van der Waals surface area contributed by atoms with E-state index in [1.807, 2.05) is 43.3 Å². The van der Waals surface area contributed by atoms with Crippen LogP contribution in [-0.4, -0.2) is 18.5 Å². The first-order valence-corrected chi connectivity index (χ1v) is 8.91. The molecule has 2 atom stereocenters. The third-order valence-electron chi connectivity index (χ3n) is 5.11. The highest BCUT2D eigenvalue weighted by Crippen LogP contribution is 2.42. The summed E-state index contributed by atoms with van der Waals surface area (Å²) < 4.78 is 0. The van der Waals surface area contributed by atoms with Gasteiger partial charge in [-0.3, -0.25) is 4.79 Å². The van der Waals surface area contributed by atoms with Crippen molar-refractivity contribution in [3.05, 3.63) is 65.2 Å². The summed E-state index contributed by atoms with van der Waals surface area (Å²) in [5.41, 5.74) is 3.99. The molecule has 24 heavy (non-hydrogen) atoms. The standard InChI is InChI=1S/C21H24N2O/c1-14-11-16(19-12-20(19)22-13-15-7-8-15)9-10-18(14)21(24)23-17-5-3-2-4-6-17/h2-6,9-11,15,19-20,22H,7-8,12-13H2,1H3,(H,23,24)/t19-,20+/m0/s1. The van der Waals surface area contributed by atoms with Gasteiger partial charge >= 0.3 is 0 Å². The Hall–Kier alpha value is -2.13. The van der Waals surface area contributed by atoms with E-state index in [-0.39, 0.29) is 5.91 Å². The van der Waals surface area contributed by atoms with Gasteiger partial charge in [0.25, 0.3) is 5.91 Å². The lowest BCUT2D eigenvalue weighted by Gasteiger charge is -2.10. The average molecular weight is 320 g/mol. The molecule has 0 heterocycles. The van der Waals surface area contributed by atoms with Crippen LogP contribution in [0.3, 0.4) is 0 Å². The number of carbonyl (C=O) groups is 1. The highest BCUT2D eigenvalue weighted by Gasteiger charge is 2.39. The third kappa shape index (κ3) is 3.51. The molecule has 0 saturated heterocycles. The van der Waals surface area contributed by atoms with Gasteiger partial charge in [-0.15, -0.1) is 0 Å². The lowest BCUT2D eigenvalue weighted by molar-refractivity contribution is 0.102. The summed E-state index contributed by atoms with van der Waals surface area (Å²) in [5, 5.41) is 6.64. The van der Waals surface area contributed by atoms with E-state index in [9.17, 15) is 4.79 Å². The molecule has 0 unspecified atom stereocenters. The Balaban J connectivity index is 1.39. The monoisotopic (exact) mass is 320 g/mol. The Labute approximate surface area is 143 Å². The minimum Gasteiger partial charge on any atom is -0.322 e. The van der Waals surface area contributed by atoms with Crippen LogP contribution < -0.4 is 10.6 Å². The molecule has 2 aliphatic carbocycles. The summed E-state index contributed by atoms with van der Waals surface area (Å²) >= 11 is 0. The second-order valence-electron chi connectivity index (χ2n) is 7.19. The van der Waals surface area contributed by atoms with E-state index in [1.54, 1.807) is 0 Å². The molecule has 0 aliphatic heterocycles. The van der Waals surface area contributed by atoms with Crippen LogP contribution in [0, 0.1) is 12.8 Å². The number of hydrogen-bond acceptors (Lipinski definition) is 2. The quantitative estimate of drug-likeness (QED) is 0.841. The molecule has 2 aromatic rings. The zero-order chi connectivity index (χ0) is 16.5. The molecule has 0 spiro atoms. The molecule has 3 nitrogen and oxygen atoms in total. The van der Waals surface area contributed by atoms with Crippen molar-refractivity contribution in [2.24, 2.45) is 5.92 Å². The second kappa shape index (κ2) is 6.40.